The molecule has 0 saturated carbocycles. The molecule has 2 atom stereocenters. The Morgan fingerprint density at radius 1 is 1.50 bits per heavy atom. The summed E-state index contributed by atoms with van der Waals surface area (Å²) in [4.78, 5) is 2.15. The molecule has 1 rings (SSSR count). The Morgan fingerprint density at radius 2 is 2.20 bits per heavy atom. The first-order valence-electron chi connectivity index (χ1n) is 3.76. The molecule has 2 unspecified atom stereocenters. The van der Waals surface area contributed by atoms with E-state index >= 15 is 0 Å². The second-order valence-electron chi connectivity index (χ2n) is 3.10. The van der Waals surface area contributed by atoms with Crippen molar-refractivity contribution in [2.75, 3.05) is 27.2 Å². The molecule has 1 fully saturated rings. The zero-order valence-corrected chi connectivity index (χ0v) is 6.67. The van der Waals surface area contributed by atoms with Gasteiger partial charge in [-0.1, -0.05) is 0 Å². The van der Waals surface area contributed by atoms with Crippen molar-refractivity contribution < 1.29 is 5.11 Å². The SMILES string of the molecule is CNC1CC(O)CN(C)C1. The number of likely N-dealkylation sites (tertiary alicyclic amines) is 1. The fourth-order valence-corrected chi connectivity index (χ4v) is 1.50. The second kappa shape index (κ2) is 3.32. The minimum absolute atomic E-state index is 0.142. The number of hydrogen-bond acceptors (Lipinski definition) is 3. The van der Waals surface area contributed by atoms with Gasteiger partial charge in [-0.3, -0.25) is 0 Å². The second-order valence-corrected chi connectivity index (χ2v) is 3.10. The Bertz CT molecular complexity index is 97.8. The first-order valence-corrected chi connectivity index (χ1v) is 3.76. The van der Waals surface area contributed by atoms with Gasteiger partial charge in [-0.15, -0.1) is 0 Å². The van der Waals surface area contributed by atoms with E-state index in [9.17, 15) is 5.11 Å². The van der Waals surface area contributed by atoms with Crippen LogP contribution in [0.1, 0.15) is 6.42 Å². The molecule has 0 spiro atoms. The van der Waals surface area contributed by atoms with E-state index in [0.717, 1.165) is 19.5 Å². The van der Waals surface area contributed by atoms with Crippen LogP contribution in [-0.2, 0) is 0 Å². The molecule has 0 aromatic rings. The van der Waals surface area contributed by atoms with E-state index < -0.39 is 0 Å². The van der Waals surface area contributed by atoms with Crippen molar-refractivity contribution in [1.29, 1.82) is 0 Å². The maximum atomic E-state index is 9.30. The summed E-state index contributed by atoms with van der Waals surface area (Å²) in [6.07, 6.45) is 0.747. The van der Waals surface area contributed by atoms with Gasteiger partial charge in [-0.2, -0.15) is 0 Å². The number of nitrogens with one attached hydrogen (secondary N) is 1. The highest BCUT2D eigenvalue weighted by molar-refractivity contribution is 4.80. The lowest BCUT2D eigenvalue weighted by atomic mass is 10.0. The van der Waals surface area contributed by atoms with Crippen molar-refractivity contribution in [3.8, 4) is 0 Å². The lowest BCUT2D eigenvalue weighted by molar-refractivity contribution is 0.0671. The molecule has 1 aliphatic heterocycles. The van der Waals surface area contributed by atoms with Crippen molar-refractivity contribution in [3.63, 3.8) is 0 Å². The summed E-state index contributed by atoms with van der Waals surface area (Å²) >= 11 is 0. The van der Waals surface area contributed by atoms with Crippen LogP contribution in [0.15, 0.2) is 0 Å². The third kappa shape index (κ3) is 1.94. The van der Waals surface area contributed by atoms with Gasteiger partial charge in [-0.05, 0) is 20.5 Å². The van der Waals surface area contributed by atoms with Gasteiger partial charge < -0.3 is 15.3 Å². The number of rotatable bonds is 1. The monoisotopic (exact) mass is 144 g/mol. The van der Waals surface area contributed by atoms with Crippen molar-refractivity contribution in [2.45, 2.75) is 18.6 Å². The Morgan fingerprint density at radius 3 is 2.70 bits per heavy atom. The highest BCUT2D eigenvalue weighted by Crippen LogP contribution is 2.07. The van der Waals surface area contributed by atoms with Gasteiger partial charge >= 0.3 is 0 Å². The van der Waals surface area contributed by atoms with Crippen molar-refractivity contribution in [1.82, 2.24) is 10.2 Å². The Hall–Kier alpha value is -0.120. The Labute approximate surface area is 62.0 Å². The van der Waals surface area contributed by atoms with E-state index in [2.05, 4.69) is 10.2 Å². The molecule has 0 aromatic carbocycles. The minimum Gasteiger partial charge on any atom is -0.392 e. The number of hydrogen-bond donors (Lipinski definition) is 2. The molecule has 0 aliphatic carbocycles. The van der Waals surface area contributed by atoms with E-state index in [4.69, 9.17) is 0 Å². The fourth-order valence-electron chi connectivity index (χ4n) is 1.50. The zero-order chi connectivity index (χ0) is 7.56. The van der Waals surface area contributed by atoms with E-state index in [1.165, 1.54) is 0 Å². The standard InChI is InChI=1S/C7H16N2O/c1-8-6-3-7(10)5-9(2)4-6/h6-8,10H,3-5H2,1-2H3. The topological polar surface area (TPSA) is 35.5 Å². The van der Waals surface area contributed by atoms with Crippen LogP contribution in [0, 0.1) is 0 Å². The molecule has 1 heterocycles. The van der Waals surface area contributed by atoms with Crippen LogP contribution >= 0.6 is 0 Å². The summed E-state index contributed by atoms with van der Waals surface area (Å²) in [5.74, 6) is 0. The van der Waals surface area contributed by atoms with E-state index in [0.29, 0.717) is 6.04 Å². The smallest absolute Gasteiger partial charge is 0.0682 e. The van der Waals surface area contributed by atoms with Crippen LogP contribution in [0.25, 0.3) is 0 Å². The van der Waals surface area contributed by atoms with Gasteiger partial charge in [0.1, 0.15) is 0 Å². The predicted molar refractivity (Wildman–Crippen MR) is 41.0 cm³/mol. The van der Waals surface area contributed by atoms with Crippen molar-refractivity contribution in [2.24, 2.45) is 0 Å². The Balaban J connectivity index is 2.35. The van der Waals surface area contributed by atoms with Crippen LogP contribution in [0.4, 0.5) is 0 Å². The number of piperidine rings is 1. The fraction of sp³-hybridized carbons (Fsp3) is 1.00. The number of aliphatic hydroxyl groups excluding tert-OH is 1. The molecule has 0 bridgehead atoms. The van der Waals surface area contributed by atoms with Gasteiger partial charge in [0.2, 0.25) is 0 Å². The maximum Gasteiger partial charge on any atom is 0.0682 e. The van der Waals surface area contributed by atoms with E-state index in [1.54, 1.807) is 0 Å². The van der Waals surface area contributed by atoms with Gasteiger partial charge in [0.25, 0.3) is 0 Å². The molecule has 0 amide bonds. The van der Waals surface area contributed by atoms with Crippen LogP contribution < -0.4 is 5.32 Å². The van der Waals surface area contributed by atoms with Crippen molar-refractivity contribution in [3.05, 3.63) is 0 Å². The molecule has 2 N–H and O–H groups in total. The average Bonchev–Trinajstić information content (AvgIpc) is 1.85. The van der Waals surface area contributed by atoms with Crippen LogP contribution in [0.3, 0.4) is 0 Å². The van der Waals surface area contributed by atoms with Gasteiger partial charge in [0.15, 0.2) is 0 Å². The molecule has 0 radical (unpaired) electrons. The summed E-state index contributed by atoms with van der Waals surface area (Å²) in [6.45, 7) is 1.87. The number of aliphatic hydroxyl groups is 1. The molecule has 3 nitrogen and oxygen atoms in total. The summed E-state index contributed by atoms with van der Waals surface area (Å²) in [7, 11) is 3.98. The normalized spacial score (nSPS) is 36.3. The zero-order valence-electron chi connectivity index (χ0n) is 6.67. The lowest BCUT2D eigenvalue weighted by Crippen LogP contribution is -2.48. The van der Waals surface area contributed by atoms with E-state index in [1.807, 2.05) is 14.1 Å². The first kappa shape index (κ1) is 7.98. The molecule has 10 heavy (non-hydrogen) atoms. The summed E-state index contributed by atoms with van der Waals surface area (Å²) in [6, 6.07) is 0.466. The largest absolute Gasteiger partial charge is 0.392 e. The molecule has 1 aliphatic rings. The van der Waals surface area contributed by atoms with Crippen LogP contribution in [0.2, 0.25) is 0 Å². The highest BCUT2D eigenvalue weighted by atomic mass is 16.3. The molecule has 1 saturated heterocycles. The van der Waals surface area contributed by atoms with Gasteiger partial charge in [0.05, 0.1) is 6.10 Å². The quantitative estimate of drug-likeness (QED) is 0.509. The molecular weight excluding hydrogens is 128 g/mol. The highest BCUT2D eigenvalue weighted by Gasteiger charge is 2.21. The van der Waals surface area contributed by atoms with E-state index in [-0.39, 0.29) is 6.10 Å². The van der Waals surface area contributed by atoms with Crippen LogP contribution in [0.5, 0.6) is 0 Å². The first-order chi connectivity index (χ1) is 4.72. The maximum absolute atomic E-state index is 9.30. The van der Waals surface area contributed by atoms with Crippen molar-refractivity contribution >= 4 is 0 Å². The summed E-state index contributed by atoms with van der Waals surface area (Å²) in [5.41, 5.74) is 0. The summed E-state index contributed by atoms with van der Waals surface area (Å²) < 4.78 is 0. The predicted octanol–water partition coefficient (Wildman–Crippen LogP) is -0.729. The number of nitrogens with zero attached hydrogens (tertiary/aromatic N) is 1. The molecule has 3 heteroatoms. The number of likely N-dealkylation sites (N-methyl/N-ethyl adjacent to an activating group) is 2. The molecule has 60 valence electrons. The average molecular weight is 144 g/mol. The third-order valence-corrected chi connectivity index (χ3v) is 2.02. The van der Waals surface area contributed by atoms with Crippen LogP contribution in [-0.4, -0.2) is 49.3 Å². The Kier molecular flexibility index (Phi) is 2.65. The minimum atomic E-state index is -0.142. The molecule has 0 aromatic heterocycles. The molecular formula is C7H16N2O. The number of β-amino-alcohol motifs (C(OH)–C–C–N with tert-alkyl or cyclic N) is 1. The lowest BCUT2D eigenvalue weighted by Gasteiger charge is -2.32. The summed E-state index contributed by atoms with van der Waals surface area (Å²) in [5, 5.41) is 12.5. The van der Waals surface area contributed by atoms with Gasteiger partial charge in [0, 0.05) is 19.1 Å². The van der Waals surface area contributed by atoms with Gasteiger partial charge in [-0.25, -0.2) is 0 Å². The third-order valence-electron chi connectivity index (χ3n) is 2.02.